The van der Waals surface area contributed by atoms with Crippen molar-refractivity contribution in [2.24, 2.45) is 11.3 Å². The average molecular weight is 221 g/mol. The van der Waals surface area contributed by atoms with Crippen LogP contribution in [0.25, 0.3) is 0 Å². The molecule has 1 N–H and O–H groups in total. The first kappa shape index (κ1) is 10.6. The quantitative estimate of drug-likeness (QED) is 0.669. The molecule has 0 radical (unpaired) electrons. The molecule has 0 aromatic rings. The molecular formula is C14H23NO. The van der Waals surface area contributed by atoms with Crippen molar-refractivity contribution in [3.8, 4) is 0 Å². The second-order valence-corrected chi connectivity index (χ2v) is 6.32. The molecule has 1 amide bonds. The Morgan fingerprint density at radius 1 is 1.12 bits per heavy atom. The summed E-state index contributed by atoms with van der Waals surface area (Å²) >= 11 is 0. The second-order valence-electron chi connectivity index (χ2n) is 6.32. The molecule has 2 nitrogen and oxygen atoms in total. The molecule has 1 aliphatic heterocycles. The van der Waals surface area contributed by atoms with Gasteiger partial charge in [-0.05, 0) is 25.2 Å². The molecular weight excluding hydrogens is 198 g/mol. The van der Waals surface area contributed by atoms with Crippen molar-refractivity contribution in [3.05, 3.63) is 0 Å². The first-order chi connectivity index (χ1) is 7.69. The molecule has 1 heterocycles. The maximum Gasteiger partial charge on any atom is 0.221 e. The Morgan fingerprint density at radius 3 is 2.50 bits per heavy atom. The molecule has 90 valence electrons. The summed E-state index contributed by atoms with van der Waals surface area (Å²) in [6.45, 7) is 2.38. The lowest BCUT2D eigenvalue weighted by Crippen LogP contribution is -2.54. The van der Waals surface area contributed by atoms with E-state index in [-0.39, 0.29) is 5.54 Å². The molecule has 2 heteroatoms. The summed E-state index contributed by atoms with van der Waals surface area (Å²) in [4.78, 5) is 11.9. The van der Waals surface area contributed by atoms with Gasteiger partial charge >= 0.3 is 0 Å². The molecule has 2 unspecified atom stereocenters. The molecule has 1 saturated heterocycles. The van der Waals surface area contributed by atoms with Crippen LogP contribution < -0.4 is 5.32 Å². The highest BCUT2D eigenvalue weighted by Gasteiger charge is 2.61. The molecule has 3 aliphatic rings. The minimum atomic E-state index is 0.193. The zero-order valence-corrected chi connectivity index (χ0v) is 10.3. The van der Waals surface area contributed by atoms with Crippen LogP contribution in [0, 0.1) is 11.3 Å². The summed E-state index contributed by atoms with van der Waals surface area (Å²) in [6, 6.07) is 0. The van der Waals surface area contributed by atoms with Crippen LogP contribution >= 0.6 is 0 Å². The van der Waals surface area contributed by atoms with Crippen LogP contribution in [0.4, 0.5) is 0 Å². The number of nitrogens with one attached hydrogen (secondary N) is 1. The Bertz CT molecular complexity index is 306. The van der Waals surface area contributed by atoms with E-state index in [0.29, 0.717) is 11.3 Å². The summed E-state index contributed by atoms with van der Waals surface area (Å²) in [5.41, 5.74) is 0.517. The van der Waals surface area contributed by atoms with E-state index in [4.69, 9.17) is 0 Å². The van der Waals surface area contributed by atoms with Crippen LogP contribution in [0.2, 0.25) is 0 Å². The Hall–Kier alpha value is -0.530. The van der Waals surface area contributed by atoms with Crippen molar-refractivity contribution in [1.82, 2.24) is 5.32 Å². The Morgan fingerprint density at radius 2 is 1.88 bits per heavy atom. The van der Waals surface area contributed by atoms with Gasteiger partial charge in [0.25, 0.3) is 0 Å². The van der Waals surface area contributed by atoms with Crippen LogP contribution in [-0.2, 0) is 4.79 Å². The number of hydrogen-bond donors (Lipinski definition) is 1. The topological polar surface area (TPSA) is 29.1 Å². The maximum absolute atomic E-state index is 11.9. The van der Waals surface area contributed by atoms with Gasteiger partial charge in [-0.25, -0.2) is 0 Å². The van der Waals surface area contributed by atoms with Gasteiger partial charge in [-0.2, -0.15) is 0 Å². The van der Waals surface area contributed by atoms with Crippen LogP contribution in [0.3, 0.4) is 0 Å². The van der Waals surface area contributed by atoms with Crippen LogP contribution in [0.5, 0.6) is 0 Å². The lowest BCUT2D eigenvalue weighted by Gasteiger charge is -2.48. The van der Waals surface area contributed by atoms with Gasteiger partial charge in [-0.3, -0.25) is 4.79 Å². The van der Waals surface area contributed by atoms with E-state index < -0.39 is 0 Å². The number of rotatable bonds is 0. The third kappa shape index (κ3) is 1.22. The van der Waals surface area contributed by atoms with Crippen LogP contribution in [-0.4, -0.2) is 11.4 Å². The van der Waals surface area contributed by atoms with Crippen molar-refractivity contribution in [3.63, 3.8) is 0 Å². The van der Waals surface area contributed by atoms with Gasteiger partial charge in [-0.15, -0.1) is 0 Å². The second kappa shape index (κ2) is 3.48. The van der Waals surface area contributed by atoms with Gasteiger partial charge in [0.1, 0.15) is 0 Å². The smallest absolute Gasteiger partial charge is 0.221 e. The van der Waals surface area contributed by atoms with Crippen LogP contribution in [0.1, 0.15) is 64.7 Å². The highest BCUT2D eigenvalue weighted by molar-refractivity contribution is 5.81. The molecule has 3 fully saturated rings. The van der Waals surface area contributed by atoms with Gasteiger partial charge in [0, 0.05) is 17.4 Å². The highest BCUT2D eigenvalue weighted by Crippen LogP contribution is 2.59. The third-order valence-corrected chi connectivity index (χ3v) is 5.72. The van der Waals surface area contributed by atoms with E-state index in [1.165, 1.54) is 51.4 Å². The summed E-state index contributed by atoms with van der Waals surface area (Å²) in [5, 5.41) is 3.39. The predicted octanol–water partition coefficient (Wildman–Crippen LogP) is 3.02. The lowest BCUT2D eigenvalue weighted by atomic mass is 9.59. The molecule has 2 aliphatic carbocycles. The van der Waals surface area contributed by atoms with E-state index in [9.17, 15) is 4.79 Å². The Kier molecular flexibility index (Phi) is 2.31. The van der Waals surface area contributed by atoms with Gasteiger partial charge < -0.3 is 5.32 Å². The van der Waals surface area contributed by atoms with E-state index >= 15 is 0 Å². The fourth-order valence-electron chi connectivity index (χ4n) is 4.89. The van der Waals surface area contributed by atoms with Gasteiger partial charge in [0.15, 0.2) is 0 Å². The van der Waals surface area contributed by atoms with Crippen molar-refractivity contribution >= 4 is 5.91 Å². The largest absolute Gasteiger partial charge is 0.350 e. The molecule has 2 spiro atoms. The first-order valence-corrected chi connectivity index (χ1v) is 7.00. The zero-order valence-electron chi connectivity index (χ0n) is 10.3. The van der Waals surface area contributed by atoms with E-state index in [1.54, 1.807) is 0 Å². The molecule has 0 bridgehead atoms. The monoisotopic (exact) mass is 221 g/mol. The van der Waals surface area contributed by atoms with Crippen LogP contribution in [0.15, 0.2) is 0 Å². The lowest BCUT2D eigenvalue weighted by molar-refractivity contribution is -0.120. The van der Waals surface area contributed by atoms with Gasteiger partial charge in [0.05, 0.1) is 0 Å². The standard InChI is InChI=1S/C14H23NO/c1-11-6-5-7-13(11)10-12(16)15-14(13)8-3-2-4-9-14/h11H,2-10H2,1H3,(H,15,16). The highest BCUT2D eigenvalue weighted by atomic mass is 16.2. The molecule has 0 aromatic heterocycles. The minimum absolute atomic E-state index is 0.193. The fraction of sp³-hybridized carbons (Fsp3) is 0.929. The molecule has 2 saturated carbocycles. The normalized spacial score (nSPS) is 41.8. The first-order valence-electron chi connectivity index (χ1n) is 7.00. The summed E-state index contributed by atoms with van der Waals surface area (Å²) in [6.07, 6.45) is 11.2. The van der Waals surface area contributed by atoms with Crippen molar-refractivity contribution < 1.29 is 4.79 Å². The maximum atomic E-state index is 11.9. The van der Waals surface area contributed by atoms with Crippen molar-refractivity contribution in [2.75, 3.05) is 0 Å². The molecule has 16 heavy (non-hydrogen) atoms. The van der Waals surface area contributed by atoms with E-state index in [1.807, 2.05) is 0 Å². The molecule has 2 atom stereocenters. The predicted molar refractivity (Wildman–Crippen MR) is 64.0 cm³/mol. The SMILES string of the molecule is CC1CCCC12CC(=O)NC21CCCCC1. The van der Waals surface area contributed by atoms with E-state index in [2.05, 4.69) is 12.2 Å². The Balaban J connectivity index is 1.98. The Labute approximate surface area is 98.2 Å². The zero-order chi connectivity index (χ0) is 11.2. The molecule has 0 aromatic carbocycles. The number of carbonyl (C=O) groups excluding carboxylic acids is 1. The summed E-state index contributed by atoms with van der Waals surface area (Å²) in [5.74, 6) is 1.07. The number of carbonyl (C=O) groups is 1. The number of fused-ring (bicyclic) bond motifs is 1. The van der Waals surface area contributed by atoms with E-state index in [0.717, 1.165) is 12.3 Å². The minimum Gasteiger partial charge on any atom is -0.350 e. The van der Waals surface area contributed by atoms with Crippen molar-refractivity contribution in [2.45, 2.75) is 70.3 Å². The van der Waals surface area contributed by atoms with Gasteiger partial charge in [0.2, 0.25) is 5.91 Å². The molecule has 3 rings (SSSR count). The average Bonchev–Trinajstić information content (AvgIpc) is 2.74. The fourth-order valence-corrected chi connectivity index (χ4v) is 4.89. The van der Waals surface area contributed by atoms with Gasteiger partial charge in [-0.1, -0.05) is 39.0 Å². The number of amides is 1. The van der Waals surface area contributed by atoms with Crippen molar-refractivity contribution in [1.29, 1.82) is 0 Å². The summed E-state index contributed by atoms with van der Waals surface area (Å²) in [7, 11) is 0. The summed E-state index contributed by atoms with van der Waals surface area (Å²) < 4.78 is 0. The third-order valence-electron chi connectivity index (χ3n) is 5.72. The number of hydrogen-bond acceptors (Lipinski definition) is 1.